The topological polar surface area (TPSA) is 52.9 Å². The fraction of sp³-hybridized carbons (Fsp3) is 0.259. The summed E-state index contributed by atoms with van der Waals surface area (Å²) in [5.74, 6) is 3.07. The van der Waals surface area contributed by atoms with E-state index in [0.29, 0.717) is 29.1 Å². The van der Waals surface area contributed by atoms with E-state index in [4.69, 9.17) is 24.2 Å². The number of ether oxygens (including phenoxy) is 3. The molecule has 3 aromatic rings. The van der Waals surface area contributed by atoms with Crippen LogP contribution in [0.1, 0.15) is 18.9 Å². The van der Waals surface area contributed by atoms with Crippen LogP contribution in [-0.2, 0) is 0 Å². The summed E-state index contributed by atoms with van der Waals surface area (Å²) in [6, 6.07) is 16.5. The van der Waals surface area contributed by atoms with Gasteiger partial charge in [-0.1, -0.05) is 29.8 Å². The number of allylic oxidation sites excluding steroid dienone is 1. The zero-order valence-electron chi connectivity index (χ0n) is 18.8. The summed E-state index contributed by atoms with van der Waals surface area (Å²) >= 11 is 0. The molecule has 32 heavy (non-hydrogen) atoms. The van der Waals surface area contributed by atoms with Crippen molar-refractivity contribution in [2.24, 2.45) is 16.8 Å². The highest BCUT2D eigenvalue weighted by Crippen LogP contribution is 2.48. The van der Waals surface area contributed by atoms with Crippen LogP contribution < -0.4 is 14.2 Å². The van der Waals surface area contributed by atoms with Crippen LogP contribution in [-0.4, -0.2) is 32.0 Å². The van der Waals surface area contributed by atoms with E-state index in [1.165, 1.54) is 23.3 Å². The minimum Gasteiger partial charge on any atom is -0.493 e. The average Bonchev–Trinajstić information content (AvgIpc) is 3.65. The summed E-state index contributed by atoms with van der Waals surface area (Å²) in [5.41, 5.74) is 7.74. The standard InChI is InChI=1S/C27H26N2O3/c1-16-14-29-26(22-13-21(16)22)18-7-5-6-17(10-18)23-9-8-19(15-28-23)20-11-24(30-2)27(32-4)25(12-20)31-3/h5-12,14-15,21-22H,13H2,1-4H3. The highest BCUT2D eigenvalue weighted by atomic mass is 16.5. The van der Waals surface area contributed by atoms with Crippen LogP contribution >= 0.6 is 0 Å². The predicted molar refractivity (Wildman–Crippen MR) is 127 cm³/mol. The van der Waals surface area contributed by atoms with E-state index in [9.17, 15) is 0 Å². The molecule has 2 unspecified atom stereocenters. The number of hydrogen-bond acceptors (Lipinski definition) is 5. The van der Waals surface area contributed by atoms with E-state index in [1.807, 2.05) is 30.6 Å². The minimum absolute atomic E-state index is 0.575. The number of aliphatic imine (C=N–C) groups is 1. The lowest BCUT2D eigenvalue weighted by Crippen LogP contribution is -2.08. The first-order valence-electron chi connectivity index (χ1n) is 10.7. The number of pyridine rings is 1. The van der Waals surface area contributed by atoms with Crippen LogP contribution in [0.15, 0.2) is 71.5 Å². The minimum atomic E-state index is 0.575. The van der Waals surface area contributed by atoms with E-state index in [-0.39, 0.29) is 0 Å². The first kappa shape index (κ1) is 20.3. The van der Waals surface area contributed by atoms with E-state index < -0.39 is 0 Å². The molecule has 2 atom stereocenters. The summed E-state index contributed by atoms with van der Waals surface area (Å²) in [4.78, 5) is 9.48. The molecule has 0 bridgehead atoms. The third-order valence-electron chi connectivity index (χ3n) is 6.35. The molecule has 5 rings (SSSR count). The second kappa shape index (κ2) is 8.15. The highest BCUT2D eigenvalue weighted by molar-refractivity contribution is 6.06. The van der Waals surface area contributed by atoms with Gasteiger partial charge < -0.3 is 14.2 Å². The van der Waals surface area contributed by atoms with Gasteiger partial charge in [0.25, 0.3) is 0 Å². The number of nitrogens with zero attached hydrogens (tertiary/aromatic N) is 2. The Morgan fingerprint density at radius 1 is 0.781 bits per heavy atom. The van der Waals surface area contributed by atoms with Crippen molar-refractivity contribution in [3.8, 4) is 39.6 Å². The third-order valence-corrected chi connectivity index (χ3v) is 6.35. The van der Waals surface area contributed by atoms with Gasteiger partial charge in [0.15, 0.2) is 11.5 Å². The summed E-state index contributed by atoms with van der Waals surface area (Å²) in [6.45, 7) is 2.18. The van der Waals surface area contributed by atoms with Crippen molar-refractivity contribution in [2.75, 3.05) is 21.3 Å². The lowest BCUT2D eigenvalue weighted by atomic mass is 9.98. The lowest BCUT2D eigenvalue weighted by Gasteiger charge is -2.14. The van der Waals surface area contributed by atoms with Crippen molar-refractivity contribution in [2.45, 2.75) is 13.3 Å². The van der Waals surface area contributed by atoms with Gasteiger partial charge in [-0.25, -0.2) is 0 Å². The van der Waals surface area contributed by atoms with Crippen LogP contribution in [0.25, 0.3) is 22.4 Å². The Labute approximate surface area is 188 Å². The monoisotopic (exact) mass is 426 g/mol. The second-order valence-corrected chi connectivity index (χ2v) is 8.26. The third kappa shape index (κ3) is 3.54. The van der Waals surface area contributed by atoms with E-state index in [1.54, 1.807) is 21.3 Å². The van der Waals surface area contributed by atoms with Gasteiger partial charge >= 0.3 is 0 Å². The number of benzene rings is 2. The first-order chi connectivity index (χ1) is 15.6. The number of aromatic nitrogens is 1. The molecule has 1 saturated carbocycles. The Balaban J connectivity index is 1.45. The van der Waals surface area contributed by atoms with Gasteiger partial charge in [-0.3, -0.25) is 9.98 Å². The zero-order chi connectivity index (χ0) is 22.2. The molecule has 2 heterocycles. The fourth-order valence-corrected chi connectivity index (χ4v) is 4.47. The number of methoxy groups -OCH3 is 3. The molecule has 2 aromatic carbocycles. The van der Waals surface area contributed by atoms with Crippen LogP contribution in [0.2, 0.25) is 0 Å². The Hall–Kier alpha value is -3.60. The van der Waals surface area contributed by atoms with Crippen molar-refractivity contribution in [1.82, 2.24) is 4.98 Å². The largest absolute Gasteiger partial charge is 0.493 e. The second-order valence-electron chi connectivity index (χ2n) is 8.26. The maximum absolute atomic E-state index is 5.48. The van der Waals surface area contributed by atoms with Crippen LogP contribution in [0.5, 0.6) is 17.2 Å². The molecule has 5 nitrogen and oxygen atoms in total. The molecule has 1 aliphatic heterocycles. The van der Waals surface area contributed by atoms with Crippen molar-refractivity contribution in [3.63, 3.8) is 0 Å². The Bertz CT molecular complexity index is 1200. The molecular formula is C27H26N2O3. The summed E-state index contributed by atoms with van der Waals surface area (Å²) < 4.78 is 16.4. The Kier molecular flexibility index (Phi) is 5.17. The Morgan fingerprint density at radius 2 is 1.53 bits per heavy atom. The molecule has 0 saturated heterocycles. The number of fused-ring (bicyclic) bond motifs is 1. The highest BCUT2D eigenvalue weighted by Gasteiger charge is 2.44. The molecule has 0 amide bonds. The first-order valence-corrected chi connectivity index (χ1v) is 10.7. The molecule has 0 N–H and O–H groups in total. The van der Waals surface area contributed by atoms with Gasteiger partial charge in [0.05, 0.1) is 32.7 Å². The van der Waals surface area contributed by atoms with Gasteiger partial charge in [-0.05, 0) is 54.7 Å². The van der Waals surface area contributed by atoms with Gasteiger partial charge in [0.2, 0.25) is 5.75 Å². The molecule has 0 radical (unpaired) electrons. The molecule has 5 heteroatoms. The zero-order valence-corrected chi connectivity index (χ0v) is 18.8. The number of hydrogen-bond donors (Lipinski definition) is 0. The van der Waals surface area contributed by atoms with Crippen molar-refractivity contribution < 1.29 is 14.2 Å². The lowest BCUT2D eigenvalue weighted by molar-refractivity contribution is 0.324. The molecule has 0 spiro atoms. The van der Waals surface area contributed by atoms with Crippen molar-refractivity contribution >= 4 is 5.71 Å². The maximum Gasteiger partial charge on any atom is 0.203 e. The van der Waals surface area contributed by atoms with Gasteiger partial charge in [-0.15, -0.1) is 0 Å². The molecule has 1 aliphatic carbocycles. The van der Waals surface area contributed by atoms with E-state index in [0.717, 1.165) is 22.4 Å². The van der Waals surface area contributed by atoms with Gasteiger partial charge in [0.1, 0.15) is 0 Å². The smallest absolute Gasteiger partial charge is 0.203 e. The summed E-state index contributed by atoms with van der Waals surface area (Å²) in [6.07, 6.45) is 5.12. The van der Waals surface area contributed by atoms with Crippen molar-refractivity contribution in [1.29, 1.82) is 0 Å². The predicted octanol–water partition coefficient (Wildman–Crippen LogP) is 5.78. The number of rotatable bonds is 6. The fourth-order valence-electron chi connectivity index (χ4n) is 4.47. The normalized spacial score (nSPS) is 18.9. The molecule has 162 valence electrons. The van der Waals surface area contributed by atoms with Crippen LogP contribution in [0.3, 0.4) is 0 Å². The van der Waals surface area contributed by atoms with Crippen LogP contribution in [0, 0.1) is 11.8 Å². The molecule has 2 aliphatic rings. The summed E-state index contributed by atoms with van der Waals surface area (Å²) in [7, 11) is 4.84. The van der Waals surface area contributed by atoms with E-state index in [2.05, 4.69) is 37.3 Å². The van der Waals surface area contributed by atoms with E-state index >= 15 is 0 Å². The quantitative estimate of drug-likeness (QED) is 0.501. The Morgan fingerprint density at radius 3 is 2.19 bits per heavy atom. The van der Waals surface area contributed by atoms with Crippen LogP contribution in [0.4, 0.5) is 0 Å². The van der Waals surface area contributed by atoms with Gasteiger partial charge in [0, 0.05) is 29.4 Å². The van der Waals surface area contributed by atoms with Gasteiger partial charge in [-0.2, -0.15) is 0 Å². The molecular weight excluding hydrogens is 400 g/mol. The van der Waals surface area contributed by atoms with Crippen molar-refractivity contribution in [3.05, 3.63) is 72.1 Å². The summed E-state index contributed by atoms with van der Waals surface area (Å²) in [5, 5.41) is 0. The SMILES string of the molecule is COc1cc(-c2ccc(-c3cccc(C4=NC=C(C)C5CC45)c3)nc2)cc(OC)c1OC. The molecule has 1 fully saturated rings. The maximum atomic E-state index is 5.48. The molecule has 1 aromatic heterocycles. The average molecular weight is 427 g/mol.